The van der Waals surface area contributed by atoms with Crippen LogP contribution in [-0.2, 0) is 4.74 Å². The van der Waals surface area contributed by atoms with Crippen molar-refractivity contribution >= 4 is 0 Å². The Morgan fingerprint density at radius 2 is 1.90 bits per heavy atom. The van der Waals surface area contributed by atoms with Crippen LogP contribution in [0.3, 0.4) is 0 Å². The monoisotopic (exact) mass is 287 g/mol. The Labute approximate surface area is 129 Å². The molecule has 0 radical (unpaired) electrons. The molecule has 2 nitrogen and oxygen atoms in total. The van der Waals surface area contributed by atoms with Gasteiger partial charge in [0.25, 0.3) is 0 Å². The number of hydrogen-bond acceptors (Lipinski definition) is 2. The van der Waals surface area contributed by atoms with E-state index in [0.29, 0.717) is 23.6 Å². The van der Waals surface area contributed by atoms with Gasteiger partial charge in [-0.1, -0.05) is 49.6 Å². The van der Waals surface area contributed by atoms with Gasteiger partial charge in [0.05, 0.1) is 6.10 Å². The maximum absolute atomic E-state index is 6.05. The summed E-state index contributed by atoms with van der Waals surface area (Å²) in [5.74, 6) is 0. The molecule has 1 aromatic rings. The largest absolute Gasteiger partial charge is 0.378 e. The van der Waals surface area contributed by atoms with E-state index in [1.165, 1.54) is 44.1 Å². The summed E-state index contributed by atoms with van der Waals surface area (Å²) >= 11 is 0. The quantitative estimate of drug-likeness (QED) is 0.863. The van der Waals surface area contributed by atoms with E-state index < -0.39 is 0 Å². The van der Waals surface area contributed by atoms with E-state index in [0.717, 1.165) is 6.61 Å². The van der Waals surface area contributed by atoms with Crippen molar-refractivity contribution < 1.29 is 4.74 Å². The van der Waals surface area contributed by atoms with Crippen molar-refractivity contribution in [3.05, 3.63) is 35.9 Å². The second-order valence-electron chi connectivity index (χ2n) is 6.83. The van der Waals surface area contributed by atoms with Crippen molar-refractivity contribution in [2.75, 3.05) is 6.61 Å². The maximum Gasteiger partial charge on any atom is 0.0661 e. The van der Waals surface area contributed by atoms with E-state index in [1.54, 1.807) is 0 Å². The molecule has 3 rings (SSSR count). The van der Waals surface area contributed by atoms with E-state index in [1.807, 2.05) is 0 Å². The molecule has 0 heterocycles. The highest BCUT2D eigenvalue weighted by molar-refractivity contribution is 5.19. The summed E-state index contributed by atoms with van der Waals surface area (Å²) in [4.78, 5) is 0. The van der Waals surface area contributed by atoms with Crippen molar-refractivity contribution in [3.63, 3.8) is 0 Å². The third-order valence-electron chi connectivity index (χ3n) is 5.69. The second kappa shape index (κ2) is 6.50. The third kappa shape index (κ3) is 2.89. The van der Waals surface area contributed by atoms with Gasteiger partial charge in [-0.2, -0.15) is 0 Å². The van der Waals surface area contributed by atoms with Crippen LogP contribution < -0.4 is 5.32 Å². The molecule has 0 bridgehead atoms. The van der Waals surface area contributed by atoms with E-state index in [-0.39, 0.29) is 0 Å². The molecule has 1 aromatic carbocycles. The molecule has 21 heavy (non-hydrogen) atoms. The summed E-state index contributed by atoms with van der Waals surface area (Å²) < 4.78 is 6.05. The summed E-state index contributed by atoms with van der Waals surface area (Å²) in [7, 11) is 0. The van der Waals surface area contributed by atoms with Crippen molar-refractivity contribution in [1.29, 1.82) is 0 Å². The Bertz CT molecular complexity index is 438. The van der Waals surface area contributed by atoms with Gasteiger partial charge in [-0.15, -0.1) is 0 Å². The maximum atomic E-state index is 6.05. The fourth-order valence-corrected chi connectivity index (χ4v) is 4.44. The van der Waals surface area contributed by atoms with Crippen LogP contribution in [0.4, 0.5) is 0 Å². The van der Waals surface area contributed by atoms with Crippen LogP contribution in [0, 0.1) is 5.41 Å². The van der Waals surface area contributed by atoms with Gasteiger partial charge in [-0.05, 0) is 38.7 Å². The fourth-order valence-electron chi connectivity index (χ4n) is 4.44. The lowest BCUT2D eigenvalue weighted by Gasteiger charge is -2.58. The highest BCUT2D eigenvalue weighted by atomic mass is 16.5. The summed E-state index contributed by atoms with van der Waals surface area (Å²) in [5.41, 5.74) is 1.81. The lowest BCUT2D eigenvalue weighted by molar-refractivity contribution is -0.152. The molecular formula is C19H29NO. The number of ether oxygens (including phenoxy) is 1. The predicted molar refractivity (Wildman–Crippen MR) is 87.3 cm³/mol. The number of benzene rings is 1. The average molecular weight is 287 g/mol. The Morgan fingerprint density at radius 1 is 1.19 bits per heavy atom. The molecule has 0 amide bonds. The second-order valence-corrected chi connectivity index (χ2v) is 6.83. The molecule has 2 aliphatic carbocycles. The van der Waals surface area contributed by atoms with Crippen LogP contribution in [0.5, 0.6) is 0 Å². The minimum absolute atomic E-state index is 0.414. The standard InChI is InChI=1S/C19H29NO/c1-3-21-18-14-17(19(18)12-8-5-9-13-19)20-15(2)16-10-6-4-7-11-16/h4,6-7,10-11,15,17-18,20H,3,5,8-9,12-14H2,1-2H3/t15-,17?,18?/m0/s1. The molecule has 2 heteroatoms. The Hall–Kier alpha value is -0.860. The van der Waals surface area contributed by atoms with Crippen molar-refractivity contribution in [1.82, 2.24) is 5.32 Å². The van der Waals surface area contributed by atoms with Crippen LogP contribution >= 0.6 is 0 Å². The van der Waals surface area contributed by atoms with Gasteiger partial charge >= 0.3 is 0 Å². The Kier molecular flexibility index (Phi) is 4.66. The van der Waals surface area contributed by atoms with Crippen LogP contribution in [0.1, 0.15) is 64.0 Å². The van der Waals surface area contributed by atoms with Gasteiger partial charge in [0.15, 0.2) is 0 Å². The summed E-state index contributed by atoms with van der Waals surface area (Å²) in [5, 5.41) is 3.90. The molecule has 1 spiro atoms. The topological polar surface area (TPSA) is 21.3 Å². The summed E-state index contributed by atoms with van der Waals surface area (Å²) in [6, 6.07) is 11.9. The first-order valence-electron chi connectivity index (χ1n) is 8.69. The molecule has 2 aliphatic rings. The molecule has 1 N–H and O–H groups in total. The first kappa shape index (κ1) is 15.1. The van der Waals surface area contributed by atoms with Gasteiger partial charge < -0.3 is 10.1 Å². The van der Waals surface area contributed by atoms with E-state index in [4.69, 9.17) is 4.74 Å². The van der Waals surface area contributed by atoms with Crippen LogP contribution in [0.25, 0.3) is 0 Å². The number of rotatable bonds is 5. The molecule has 0 aliphatic heterocycles. The lowest BCUT2D eigenvalue weighted by atomic mass is 9.55. The van der Waals surface area contributed by atoms with E-state index in [9.17, 15) is 0 Å². The first-order chi connectivity index (χ1) is 10.3. The predicted octanol–water partition coefficient (Wildman–Crippen LogP) is 4.47. The number of hydrogen-bond donors (Lipinski definition) is 1. The highest BCUT2D eigenvalue weighted by Gasteiger charge is 2.55. The van der Waals surface area contributed by atoms with E-state index >= 15 is 0 Å². The molecule has 0 saturated heterocycles. The fraction of sp³-hybridized carbons (Fsp3) is 0.684. The number of nitrogens with one attached hydrogen (secondary N) is 1. The SMILES string of the molecule is CCOC1CC(N[C@@H](C)c2ccccc2)C12CCCCC2. The normalized spacial score (nSPS) is 29.0. The van der Waals surface area contributed by atoms with Crippen LogP contribution in [-0.4, -0.2) is 18.8 Å². The molecule has 3 atom stereocenters. The van der Waals surface area contributed by atoms with Crippen molar-refractivity contribution in [2.45, 2.75) is 70.6 Å². The van der Waals surface area contributed by atoms with E-state index in [2.05, 4.69) is 49.5 Å². The summed E-state index contributed by atoms with van der Waals surface area (Å²) in [6.45, 7) is 5.27. The smallest absolute Gasteiger partial charge is 0.0661 e. The highest BCUT2D eigenvalue weighted by Crippen LogP contribution is 2.53. The van der Waals surface area contributed by atoms with Gasteiger partial charge in [0, 0.05) is 24.1 Å². The summed E-state index contributed by atoms with van der Waals surface area (Å²) in [6.07, 6.45) is 8.52. The van der Waals surface area contributed by atoms with Crippen molar-refractivity contribution in [2.24, 2.45) is 5.41 Å². The van der Waals surface area contributed by atoms with Gasteiger partial charge in [0.1, 0.15) is 0 Å². The zero-order valence-electron chi connectivity index (χ0n) is 13.5. The first-order valence-corrected chi connectivity index (χ1v) is 8.69. The zero-order valence-corrected chi connectivity index (χ0v) is 13.5. The minimum Gasteiger partial charge on any atom is -0.378 e. The average Bonchev–Trinajstić information content (AvgIpc) is 2.55. The van der Waals surface area contributed by atoms with Gasteiger partial charge in [-0.3, -0.25) is 0 Å². The molecule has 2 unspecified atom stereocenters. The lowest BCUT2D eigenvalue weighted by Crippen LogP contribution is -2.64. The van der Waals surface area contributed by atoms with Gasteiger partial charge in [-0.25, -0.2) is 0 Å². The molecular weight excluding hydrogens is 258 g/mol. The minimum atomic E-state index is 0.414. The van der Waals surface area contributed by atoms with Gasteiger partial charge in [0.2, 0.25) is 0 Å². The molecule has 116 valence electrons. The Morgan fingerprint density at radius 3 is 2.57 bits per heavy atom. The van der Waals surface area contributed by atoms with Crippen LogP contribution in [0.2, 0.25) is 0 Å². The molecule has 2 fully saturated rings. The van der Waals surface area contributed by atoms with Crippen molar-refractivity contribution in [3.8, 4) is 0 Å². The third-order valence-corrected chi connectivity index (χ3v) is 5.69. The Balaban J connectivity index is 1.67. The molecule has 0 aromatic heterocycles. The zero-order chi connectivity index (χ0) is 14.7. The molecule has 2 saturated carbocycles. The van der Waals surface area contributed by atoms with Crippen LogP contribution in [0.15, 0.2) is 30.3 Å².